The molecule has 0 radical (unpaired) electrons. The summed E-state index contributed by atoms with van der Waals surface area (Å²) in [6, 6.07) is 1.97. The highest BCUT2D eigenvalue weighted by Crippen LogP contribution is 2.04. The molecule has 1 fully saturated rings. The number of carbonyl (C=O) groups excluding carboxylic acids is 1. The summed E-state index contributed by atoms with van der Waals surface area (Å²) < 4.78 is 4.91. The molecule has 7 heteroatoms. The Balaban J connectivity index is 2.41. The molecule has 1 rings (SSSR count). The molecular weight excluding hydrogens is 270 g/mol. The summed E-state index contributed by atoms with van der Waals surface area (Å²) in [5, 5.41) is 11.8. The van der Waals surface area contributed by atoms with Gasteiger partial charge in [-0.15, -0.1) is 0 Å². The second-order valence-corrected chi connectivity index (χ2v) is 4.92. The summed E-state index contributed by atoms with van der Waals surface area (Å²) in [6.07, 6.45) is 2.39. The van der Waals surface area contributed by atoms with Gasteiger partial charge in [0, 0.05) is 65.7 Å². The van der Waals surface area contributed by atoms with Gasteiger partial charge in [0.25, 0.3) is 5.91 Å². The largest absolute Gasteiger partial charge is 0.385 e. The van der Waals surface area contributed by atoms with Gasteiger partial charge in [-0.2, -0.15) is 5.26 Å². The first-order valence-electron chi connectivity index (χ1n) is 7.26. The van der Waals surface area contributed by atoms with E-state index >= 15 is 0 Å². The van der Waals surface area contributed by atoms with Crippen LogP contribution in [0.1, 0.15) is 6.42 Å². The maximum Gasteiger partial charge on any atom is 0.263 e. The van der Waals surface area contributed by atoms with Gasteiger partial charge in [-0.1, -0.05) is 0 Å². The third-order valence-electron chi connectivity index (χ3n) is 3.34. The second kappa shape index (κ2) is 10.2. The predicted octanol–water partition coefficient (Wildman–Crippen LogP) is -0.877. The topological polar surface area (TPSA) is 94.6 Å². The van der Waals surface area contributed by atoms with Crippen molar-refractivity contribution in [3.63, 3.8) is 0 Å². The fraction of sp³-hybridized carbons (Fsp3) is 0.714. The minimum absolute atomic E-state index is 0.152. The molecule has 0 aliphatic carbocycles. The van der Waals surface area contributed by atoms with Gasteiger partial charge in [0.15, 0.2) is 0 Å². The van der Waals surface area contributed by atoms with Gasteiger partial charge in [-0.05, 0) is 6.42 Å². The smallest absolute Gasteiger partial charge is 0.263 e. The maximum atomic E-state index is 11.9. The monoisotopic (exact) mass is 295 g/mol. The van der Waals surface area contributed by atoms with Crippen LogP contribution in [0.5, 0.6) is 0 Å². The molecule has 3 N–H and O–H groups in total. The Kier molecular flexibility index (Phi) is 8.43. The van der Waals surface area contributed by atoms with Crippen molar-refractivity contribution in [2.45, 2.75) is 6.42 Å². The third-order valence-corrected chi connectivity index (χ3v) is 3.34. The van der Waals surface area contributed by atoms with Gasteiger partial charge in [0.2, 0.25) is 0 Å². The molecule has 118 valence electrons. The fourth-order valence-corrected chi connectivity index (χ4v) is 2.13. The SMILES string of the molecule is COCCCNC(=O)/C(C#N)=C\N1CCN(CCN)CC1. The van der Waals surface area contributed by atoms with Crippen molar-refractivity contribution >= 4 is 5.91 Å². The average Bonchev–Trinajstić information content (AvgIpc) is 2.51. The molecule has 0 unspecified atom stereocenters. The van der Waals surface area contributed by atoms with Crippen LogP contribution in [0.2, 0.25) is 0 Å². The lowest BCUT2D eigenvalue weighted by molar-refractivity contribution is -0.117. The standard InChI is InChI=1S/C14H25N5O2/c1-21-10-2-4-17-14(20)13(11-16)12-19-8-6-18(5-3-15)7-9-19/h12H,2-10,15H2,1H3,(H,17,20)/b13-12-. The van der Waals surface area contributed by atoms with Crippen molar-refractivity contribution in [2.24, 2.45) is 5.73 Å². The number of nitriles is 1. The first-order chi connectivity index (χ1) is 10.2. The summed E-state index contributed by atoms with van der Waals surface area (Å²) in [6.45, 7) is 6.07. The van der Waals surface area contributed by atoms with Crippen LogP contribution < -0.4 is 11.1 Å². The summed E-state index contributed by atoms with van der Waals surface area (Å²) in [4.78, 5) is 16.2. The first-order valence-corrected chi connectivity index (χ1v) is 7.26. The Morgan fingerprint density at radius 3 is 2.71 bits per heavy atom. The number of ether oxygens (including phenoxy) is 1. The Morgan fingerprint density at radius 2 is 2.14 bits per heavy atom. The summed E-state index contributed by atoms with van der Waals surface area (Å²) in [5.74, 6) is -0.321. The minimum atomic E-state index is -0.321. The van der Waals surface area contributed by atoms with Gasteiger partial charge in [0.1, 0.15) is 11.6 Å². The molecule has 1 heterocycles. The highest BCUT2D eigenvalue weighted by molar-refractivity contribution is 5.97. The van der Waals surface area contributed by atoms with Crippen LogP contribution in [0, 0.1) is 11.3 Å². The highest BCUT2D eigenvalue weighted by atomic mass is 16.5. The zero-order valence-corrected chi connectivity index (χ0v) is 12.7. The lowest BCUT2D eigenvalue weighted by atomic mass is 10.2. The number of rotatable bonds is 8. The van der Waals surface area contributed by atoms with Crippen LogP contribution in [0.25, 0.3) is 0 Å². The molecule has 0 spiro atoms. The molecule has 0 aromatic carbocycles. The normalized spacial score (nSPS) is 16.6. The summed E-state index contributed by atoms with van der Waals surface area (Å²) in [7, 11) is 1.62. The Bertz CT molecular complexity index is 383. The minimum Gasteiger partial charge on any atom is -0.385 e. The first kappa shape index (κ1) is 17.4. The van der Waals surface area contributed by atoms with Crippen molar-refractivity contribution in [2.75, 3.05) is 59.5 Å². The number of hydrogen-bond donors (Lipinski definition) is 2. The van der Waals surface area contributed by atoms with E-state index in [9.17, 15) is 4.79 Å². The maximum absolute atomic E-state index is 11.9. The number of nitrogens with one attached hydrogen (secondary N) is 1. The Morgan fingerprint density at radius 1 is 1.43 bits per heavy atom. The Hall–Kier alpha value is -1.62. The molecule has 0 bridgehead atoms. The molecular formula is C14H25N5O2. The third kappa shape index (κ3) is 6.58. The number of amides is 1. The quantitative estimate of drug-likeness (QED) is 0.343. The molecule has 0 aromatic heterocycles. The van der Waals surface area contributed by atoms with Gasteiger partial charge >= 0.3 is 0 Å². The molecule has 1 amide bonds. The molecule has 1 aliphatic heterocycles. The number of nitrogens with zero attached hydrogens (tertiary/aromatic N) is 3. The second-order valence-electron chi connectivity index (χ2n) is 4.92. The van der Waals surface area contributed by atoms with Crippen LogP contribution in [0.4, 0.5) is 0 Å². The zero-order chi connectivity index (χ0) is 15.5. The number of hydrogen-bond acceptors (Lipinski definition) is 6. The molecule has 0 atom stereocenters. The molecule has 0 aromatic rings. The molecule has 7 nitrogen and oxygen atoms in total. The molecule has 21 heavy (non-hydrogen) atoms. The number of methoxy groups -OCH3 is 1. The van der Waals surface area contributed by atoms with Crippen molar-refractivity contribution in [1.29, 1.82) is 5.26 Å². The van der Waals surface area contributed by atoms with Crippen LogP contribution in [0.15, 0.2) is 11.8 Å². The van der Waals surface area contributed by atoms with E-state index in [0.29, 0.717) is 19.7 Å². The van der Waals surface area contributed by atoms with E-state index in [1.807, 2.05) is 11.0 Å². The lowest BCUT2D eigenvalue weighted by Crippen LogP contribution is -2.46. The van der Waals surface area contributed by atoms with Crippen LogP contribution in [-0.4, -0.2) is 75.2 Å². The van der Waals surface area contributed by atoms with Crippen molar-refractivity contribution in [3.05, 3.63) is 11.8 Å². The fourth-order valence-electron chi connectivity index (χ4n) is 2.13. The molecule has 1 saturated heterocycles. The van der Waals surface area contributed by atoms with E-state index in [-0.39, 0.29) is 11.5 Å². The molecule has 1 aliphatic rings. The van der Waals surface area contributed by atoms with E-state index < -0.39 is 0 Å². The van der Waals surface area contributed by atoms with E-state index in [0.717, 1.165) is 39.1 Å². The van der Waals surface area contributed by atoms with Crippen LogP contribution in [-0.2, 0) is 9.53 Å². The van der Waals surface area contributed by atoms with Gasteiger partial charge < -0.3 is 20.7 Å². The lowest BCUT2D eigenvalue weighted by Gasteiger charge is -2.33. The summed E-state index contributed by atoms with van der Waals surface area (Å²) in [5.41, 5.74) is 5.68. The van der Waals surface area contributed by atoms with E-state index in [4.69, 9.17) is 15.7 Å². The highest BCUT2D eigenvalue weighted by Gasteiger charge is 2.16. The van der Waals surface area contributed by atoms with Gasteiger partial charge in [0.05, 0.1) is 0 Å². The summed E-state index contributed by atoms with van der Waals surface area (Å²) >= 11 is 0. The van der Waals surface area contributed by atoms with Crippen molar-refractivity contribution in [3.8, 4) is 6.07 Å². The average molecular weight is 295 g/mol. The van der Waals surface area contributed by atoms with E-state index in [1.54, 1.807) is 13.3 Å². The van der Waals surface area contributed by atoms with Crippen LogP contribution in [0.3, 0.4) is 0 Å². The number of nitrogens with two attached hydrogens (primary N) is 1. The number of carbonyl (C=O) groups is 1. The van der Waals surface area contributed by atoms with E-state index in [2.05, 4.69) is 10.2 Å². The number of piperazine rings is 1. The predicted molar refractivity (Wildman–Crippen MR) is 80.3 cm³/mol. The zero-order valence-electron chi connectivity index (χ0n) is 12.7. The molecule has 0 saturated carbocycles. The van der Waals surface area contributed by atoms with Gasteiger partial charge in [-0.25, -0.2) is 0 Å². The van der Waals surface area contributed by atoms with E-state index in [1.165, 1.54) is 0 Å². The van der Waals surface area contributed by atoms with Gasteiger partial charge in [-0.3, -0.25) is 9.69 Å². The Labute approximate surface area is 126 Å². The van der Waals surface area contributed by atoms with Crippen LogP contribution >= 0.6 is 0 Å². The van der Waals surface area contributed by atoms with Crippen molar-refractivity contribution in [1.82, 2.24) is 15.1 Å². The van der Waals surface area contributed by atoms with Crippen molar-refractivity contribution < 1.29 is 9.53 Å².